The summed E-state index contributed by atoms with van der Waals surface area (Å²) >= 11 is 3.07. The summed E-state index contributed by atoms with van der Waals surface area (Å²) in [6.45, 7) is 1.78. The lowest BCUT2D eigenvalue weighted by atomic mass is 10.4. The van der Waals surface area contributed by atoms with Crippen molar-refractivity contribution < 1.29 is 0 Å². The number of rotatable bonds is 4. The van der Waals surface area contributed by atoms with Crippen molar-refractivity contribution in [2.24, 2.45) is 0 Å². The predicted molar refractivity (Wildman–Crippen MR) is 54.8 cm³/mol. The van der Waals surface area contributed by atoms with Gasteiger partial charge < -0.3 is 5.32 Å². The molecule has 0 amide bonds. The molecule has 5 heteroatoms. The lowest BCUT2D eigenvalue weighted by Gasteiger charge is -1.98. The standard InChI is InChI=1S/C8H9N3S2/c1-3-10-12-7(1)5-9-6-8-2-4-11-13-8/h1-4,9H,5-6H2. The molecule has 0 atom stereocenters. The van der Waals surface area contributed by atoms with E-state index >= 15 is 0 Å². The van der Waals surface area contributed by atoms with Gasteiger partial charge in [0.15, 0.2) is 0 Å². The zero-order chi connectivity index (χ0) is 8.93. The van der Waals surface area contributed by atoms with E-state index in [-0.39, 0.29) is 0 Å². The highest BCUT2D eigenvalue weighted by Gasteiger charge is 1.96. The Bertz CT molecular complexity index is 294. The van der Waals surface area contributed by atoms with Crippen molar-refractivity contribution in [1.82, 2.24) is 14.1 Å². The third-order valence-corrected chi connectivity index (χ3v) is 3.07. The molecule has 0 aliphatic heterocycles. The first-order chi connectivity index (χ1) is 6.45. The maximum absolute atomic E-state index is 4.03. The van der Waals surface area contributed by atoms with Crippen LogP contribution in [0.3, 0.4) is 0 Å². The van der Waals surface area contributed by atoms with Gasteiger partial charge in [0.1, 0.15) is 0 Å². The topological polar surface area (TPSA) is 37.8 Å². The molecule has 0 spiro atoms. The molecule has 2 rings (SSSR count). The molecule has 0 bridgehead atoms. The first-order valence-corrected chi connectivity index (χ1v) is 5.49. The van der Waals surface area contributed by atoms with E-state index in [1.54, 1.807) is 0 Å². The number of nitrogens with zero attached hydrogens (tertiary/aromatic N) is 2. The van der Waals surface area contributed by atoms with E-state index in [0.29, 0.717) is 0 Å². The normalized spacial score (nSPS) is 10.5. The molecule has 3 nitrogen and oxygen atoms in total. The Kier molecular flexibility index (Phi) is 3.02. The van der Waals surface area contributed by atoms with Gasteiger partial charge in [-0.2, -0.15) is 0 Å². The Hall–Kier alpha value is -0.780. The third-order valence-electron chi connectivity index (χ3n) is 1.58. The van der Waals surface area contributed by atoms with E-state index in [2.05, 4.69) is 14.1 Å². The summed E-state index contributed by atoms with van der Waals surface area (Å²) in [7, 11) is 0. The van der Waals surface area contributed by atoms with Crippen LogP contribution in [0, 0.1) is 0 Å². The van der Waals surface area contributed by atoms with Crippen molar-refractivity contribution >= 4 is 23.1 Å². The minimum absolute atomic E-state index is 0.891. The first kappa shape index (κ1) is 8.80. The van der Waals surface area contributed by atoms with Crippen LogP contribution in [0.25, 0.3) is 0 Å². The van der Waals surface area contributed by atoms with Crippen LogP contribution in [0.1, 0.15) is 9.75 Å². The monoisotopic (exact) mass is 211 g/mol. The second kappa shape index (κ2) is 4.45. The molecular weight excluding hydrogens is 202 g/mol. The van der Waals surface area contributed by atoms with E-state index in [9.17, 15) is 0 Å². The number of hydrogen-bond donors (Lipinski definition) is 1. The fourth-order valence-corrected chi connectivity index (χ4v) is 2.07. The van der Waals surface area contributed by atoms with Crippen LogP contribution in [-0.4, -0.2) is 8.75 Å². The maximum atomic E-state index is 4.03. The van der Waals surface area contributed by atoms with Crippen molar-refractivity contribution in [2.75, 3.05) is 0 Å². The molecule has 0 saturated carbocycles. The molecule has 13 heavy (non-hydrogen) atoms. The van der Waals surface area contributed by atoms with Crippen LogP contribution >= 0.6 is 23.1 Å². The lowest BCUT2D eigenvalue weighted by molar-refractivity contribution is 0.709. The van der Waals surface area contributed by atoms with E-state index < -0.39 is 0 Å². The molecule has 0 aliphatic carbocycles. The minimum atomic E-state index is 0.891. The van der Waals surface area contributed by atoms with Gasteiger partial charge in [-0.1, -0.05) is 0 Å². The van der Waals surface area contributed by atoms with Crippen molar-refractivity contribution in [3.05, 3.63) is 34.3 Å². The van der Waals surface area contributed by atoms with Gasteiger partial charge in [0.05, 0.1) is 0 Å². The fraction of sp³-hybridized carbons (Fsp3) is 0.250. The molecule has 0 unspecified atom stereocenters. The Morgan fingerprint density at radius 3 is 1.92 bits per heavy atom. The van der Waals surface area contributed by atoms with Crippen molar-refractivity contribution in [3.63, 3.8) is 0 Å². The zero-order valence-corrected chi connectivity index (χ0v) is 8.57. The zero-order valence-electron chi connectivity index (χ0n) is 6.93. The van der Waals surface area contributed by atoms with Crippen LogP contribution < -0.4 is 5.32 Å². The quantitative estimate of drug-likeness (QED) is 0.839. The summed E-state index contributed by atoms with van der Waals surface area (Å²) < 4.78 is 8.06. The van der Waals surface area contributed by atoms with Gasteiger partial charge in [0.25, 0.3) is 0 Å². The van der Waals surface area contributed by atoms with Crippen molar-refractivity contribution in [2.45, 2.75) is 13.1 Å². The summed E-state index contributed by atoms with van der Waals surface area (Å²) in [5.74, 6) is 0. The minimum Gasteiger partial charge on any atom is -0.307 e. The first-order valence-electron chi connectivity index (χ1n) is 3.95. The Morgan fingerprint density at radius 1 is 1.00 bits per heavy atom. The second-order valence-corrected chi connectivity index (χ2v) is 4.40. The van der Waals surface area contributed by atoms with Gasteiger partial charge in [-0.3, -0.25) is 0 Å². The SMILES string of the molecule is c1cc(CNCc2ccns2)sn1. The Labute approximate surface area is 84.8 Å². The van der Waals surface area contributed by atoms with Crippen LogP contribution in [0.4, 0.5) is 0 Å². The average molecular weight is 211 g/mol. The van der Waals surface area contributed by atoms with Gasteiger partial charge in [-0.05, 0) is 35.2 Å². The van der Waals surface area contributed by atoms with Gasteiger partial charge in [-0.25, -0.2) is 8.75 Å². The Morgan fingerprint density at radius 2 is 1.54 bits per heavy atom. The Balaban J connectivity index is 1.76. The van der Waals surface area contributed by atoms with Gasteiger partial charge in [-0.15, -0.1) is 0 Å². The van der Waals surface area contributed by atoms with Crippen LogP contribution in [0.15, 0.2) is 24.5 Å². The van der Waals surface area contributed by atoms with Gasteiger partial charge >= 0.3 is 0 Å². The van der Waals surface area contributed by atoms with E-state index in [4.69, 9.17) is 0 Å². The summed E-state index contributed by atoms with van der Waals surface area (Å²) in [6.07, 6.45) is 3.66. The fourth-order valence-electron chi connectivity index (χ4n) is 0.976. The number of aromatic nitrogens is 2. The highest BCUT2D eigenvalue weighted by molar-refractivity contribution is 7.06. The molecule has 0 saturated heterocycles. The number of hydrogen-bond acceptors (Lipinski definition) is 5. The van der Waals surface area contributed by atoms with Gasteiger partial charge in [0.2, 0.25) is 0 Å². The van der Waals surface area contributed by atoms with Gasteiger partial charge in [0, 0.05) is 35.2 Å². The average Bonchev–Trinajstić information content (AvgIpc) is 2.75. The van der Waals surface area contributed by atoms with Crippen LogP contribution in [-0.2, 0) is 13.1 Å². The summed E-state index contributed by atoms with van der Waals surface area (Å²) in [4.78, 5) is 2.54. The molecule has 0 fully saturated rings. The molecule has 0 aliphatic rings. The van der Waals surface area contributed by atoms with Crippen molar-refractivity contribution in [1.29, 1.82) is 0 Å². The molecule has 2 aromatic heterocycles. The van der Waals surface area contributed by atoms with Crippen molar-refractivity contribution in [3.8, 4) is 0 Å². The summed E-state index contributed by atoms with van der Waals surface area (Å²) in [5, 5.41) is 3.33. The molecule has 68 valence electrons. The summed E-state index contributed by atoms with van der Waals surface area (Å²) in [6, 6.07) is 4.06. The molecule has 0 aromatic carbocycles. The molecule has 2 heterocycles. The highest BCUT2D eigenvalue weighted by Crippen LogP contribution is 2.06. The smallest absolute Gasteiger partial charge is 0.0410 e. The van der Waals surface area contributed by atoms with Crippen LogP contribution in [0.2, 0.25) is 0 Å². The highest BCUT2D eigenvalue weighted by atomic mass is 32.1. The van der Waals surface area contributed by atoms with E-state index in [1.807, 2.05) is 24.5 Å². The second-order valence-electron chi connectivity index (χ2n) is 2.56. The van der Waals surface area contributed by atoms with Crippen LogP contribution in [0.5, 0.6) is 0 Å². The number of nitrogens with one attached hydrogen (secondary N) is 1. The molecule has 0 radical (unpaired) electrons. The van der Waals surface area contributed by atoms with E-state index in [0.717, 1.165) is 13.1 Å². The lowest BCUT2D eigenvalue weighted by Crippen LogP contribution is -2.10. The largest absolute Gasteiger partial charge is 0.307 e. The molecular formula is C8H9N3S2. The third kappa shape index (κ3) is 2.58. The summed E-state index contributed by atoms with van der Waals surface area (Å²) in [5.41, 5.74) is 0. The molecule has 1 N–H and O–H groups in total. The van der Waals surface area contributed by atoms with E-state index in [1.165, 1.54) is 32.8 Å². The maximum Gasteiger partial charge on any atom is 0.0410 e. The molecule has 2 aromatic rings. The predicted octanol–water partition coefficient (Wildman–Crippen LogP) is 1.89.